The molecular formula is C13H13BrN2O. The molecule has 0 bridgehead atoms. The summed E-state index contributed by atoms with van der Waals surface area (Å²) in [6.07, 6.45) is 1.71. The molecule has 1 aromatic carbocycles. The number of aromatic nitrogens is 1. The summed E-state index contributed by atoms with van der Waals surface area (Å²) in [5.41, 5.74) is 7.60. The number of benzene rings is 1. The molecule has 0 saturated carbocycles. The first-order valence-electron chi connectivity index (χ1n) is 5.28. The molecule has 0 atom stereocenters. The Kier molecular flexibility index (Phi) is 3.76. The second-order valence-electron chi connectivity index (χ2n) is 3.71. The van der Waals surface area contributed by atoms with E-state index in [1.54, 1.807) is 6.20 Å². The molecule has 0 saturated heterocycles. The zero-order chi connectivity index (χ0) is 12.3. The molecule has 0 amide bonds. The van der Waals surface area contributed by atoms with Crippen molar-refractivity contribution in [2.24, 2.45) is 5.73 Å². The smallest absolute Gasteiger partial charge is 0.145 e. The summed E-state index contributed by atoms with van der Waals surface area (Å²) in [6, 6.07) is 9.61. The number of hydrogen-bond acceptors (Lipinski definition) is 3. The predicted octanol–water partition coefficient (Wildman–Crippen LogP) is 3.40. The number of pyridine rings is 1. The number of aryl methyl sites for hydroxylation is 1. The highest BCUT2D eigenvalue weighted by atomic mass is 79.9. The molecule has 88 valence electrons. The van der Waals surface area contributed by atoms with Gasteiger partial charge in [-0.25, -0.2) is 0 Å². The molecule has 17 heavy (non-hydrogen) atoms. The van der Waals surface area contributed by atoms with Gasteiger partial charge in [0.15, 0.2) is 0 Å². The van der Waals surface area contributed by atoms with Crippen molar-refractivity contribution in [2.75, 3.05) is 0 Å². The van der Waals surface area contributed by atoms with E-state index >= 15 is 0 Å². The fourth-order valence-electron chi connectivity index (χ4n) is 1.40. The highest BCUT2D eigenvalue weighted by Gasteiger charge is 2.03. The molecule has 0 aliphatic heterocycles. The minimum atomic E-state index is 0.519. The van der Waals surface area contributed by atoms with Crippen LogP contribution in [0.25, 0.3) is 0 Å². The van der Waals surface area contributed by atoms with Crippen molar-refractivity contribution in [3.05, 3.63) is 52.3 Å². The van der Waals surface area contributed by atoms with E-state index in [1.165, 1.54) is 0 Å². The van der Waals surface area contributed by atoms with Crippen LogP contribution in [0.5, 0.6) is 11.5 Å². The number of rotatable bonds is 3. The van der Waals surface area contributed by atoms with Gasteiger partial charge in [-0.3, -0.25) is 4.98 Å². The van der Waals surface area contributed by atoms with Crippen molar-refractivity contribution in [1.29, 1.82) is 0 Å². The third-order valence-electron chi connectivity index (χ3n) is 2.34. The Hall–Kier alpha value is -1.39. The normalized spacial score (nSPS) is 10.3. The van der Waals surface area contributed by atoms with Gasteiger partial charge in [0, 0.05) is 12.2 Å². The van der Waals surface area contributed by atoms with E-state index in [0.29, 0.717) is 6.54 Å². The van der Waals surface area contributed by atoms with Gasteiger partial charge in [0.2, 0.25) is 0 Å². The summed E-state index contributed by atoms with van der Waals surface area (Å²) >= 11 is 3.46. The second-order valence-corrected chi connectivity index (χ2v) is 4.56. The summed E-state index contributed by atoms with van der Waals surface area (Å²) in [6.45, 7) is 2.46. The van der Waals surface area contributed by atoms with Crippen LogP contribution in [0.3, 0.4) is 0 Å². The third kappa shape index (κ3) is 3.05. The summed E-state index contributed by atoms with van der Waals surface area (Å²) in [5.74, 6) is 1.48. The second kappa shape index (κ2) is 5.29. The molecule has 2 rings (SSSR count). The Morgan fingerprint density at radius 1 is 1.29 bits per heavy atom. The van der Waals surface area contributed by atoms with Crippen LogP contribution in [0, 0.1) is 6.92 Å². The summed E-state index contributed by atoms with van der Waals surface area (Å²) in [4.78, 5) is 4.18. The quantitative estimate of drug-likeness (QED) is 0.943. The van der Waals surface area contributed by atoms with Crippen LogP contribution in [-0.4, -0.2) is 4.98 Å². The van der Waals surface area contributed by atoms with Gasteiger partial charge < -0.3 is 10.5 Å². The molecule has 0 aliphatic carbocycles. The largest absolute Gasteiger partial charge is 0.455 e. The molecule has 2 N–H and O–H groups in total. The standard InChI is InChI=1S/C13H13BrN2O/c1-9-2-4-11(8-16-9)17-13-5-3-10(7-15)6-12(13)14/h2-6,8H,7,15H2,1H3. The minimum absolute atomic E-state index is 0.519. The van der Waals surface area contributed by atoms with E-state index in [9.17, 15) is 0 Å². The lowest BCUT2D eigenvalue weighted by atomic mass is 10.2. The maximum Gasteiger partial charge on any atom is 0.145 e. The van der Waals surface area contributed by atoms with E-state index in [1.807, 2.05) is 37.3 Å². The van der Waals surface area contributed by atoms with Gasteiger partial charge in [-0.05, 0) is 52.7 Å². The Morgan fingerprint density at radius 3 is 2.71 bits per heavy atom. The number of ether oxygens (including phenoxy) is 1. The molecular weight excluding hydrogens is 280 g/mol. The van der Waals surface area contributed by atoms with Crippen LogP contribution < -0.4 is 10.5 Å². The molecule has 2 aromatic rings. The van der Waals surface area contributed by atoms with Crippen LogP contribution in [-0.2, 0) is 6.54 Å². The summed E-state index contributed by atoms with van der Waals surface area (Å²) in [7, 11) is 0. The zero-order valence-electron chi connectivity index (χ0n) is 9.48. The first kappa shape index (κ1) is 12.1. The first-order chi connectivity index (χ1) is 8.19. The molecule has 0 aliphatic rings. The van der Waals surface area contributed by atoms with E-state index in [0.717, 1.165) is 27.2 Å². The lowest BCUT2D eigenvalue weighted by Gasteiger charge is -2.08. The number of nitrogens with two attached hydrogens (primary N) is 1. The van der Waals surface area contributed by atoms with Gasteiger partial charge in [-0.15, -0.1) is 0 Å². The molecule has 0 spiro atoms. The van der Waals surface area contributed by atoms with Crippen LogP contribution in [0.2, 0.25) is 0 Å². The van der Waals surface area contributed by atoms with E-state index in [-0.39, 0.29) is 0 Å². The highest BCUT2D eigenvalue weighted by molar-refractivity contribution is 9.10. The maximum atomic E-state index is 5.71. The van der Waals surface area contributed by atoms with E-state index < -0.39 is 0 Å². The van der Waals surface area contributed by atoms with Gasteiger partial charge in [0.05, 0.1) is 10.7 Å². The van der Waals surface area contributed by atoms with Crippen molar-refractivity contribution in [3.8, 4) is 11.5 Å². The van der Waals surface area contributed by atoms with Gasteiger partial charge in [-0.2, -0.15) is 0 Å². The molecule has 0 radical (unpaired) electrons. The van der Waals surface area contributed by atoms with E-state index in [4.69, 9.17) is 10.5 Å². The molecule has 1 aromatic heterocycles. The lowest BCUT2D eigenvalue weighted by Crippen LogP contribution is -1.96. The van der Waals surface area contributed by atoms with Gasteiger partial charge >= 0.3 is 0 Å². The Morgan fingerprint density at radius 2 is 2.12 bits per heavy atom. The SMILES string of the molecule is Cc1ccc(Oc2ccc(CN)cc2Br)cn1. The predicted molar refractivity (Wildman–Crippen MR) is 71.1 cm³/mol. The highest BCUT2D eigenvalue weighted by Crippen LogP contribution is 2.30. The molecule has 0 unspecified atom stereocenters. The topological polar surface area (TPSA) is 48.1 Å². The Balaban J connectivity index is 2.21. The molecule has 1 heterocycles. The van der Waals surface area contributed by atoms with Crippen molar-refractivity contribution < 1.29 is 4.74 Å². The van der Waals surface area contributed by atoms with Gasteiger partial charge in [0.1, 0.15) is 11.5 Å². The van der Waals surface area contributed by atoms with Gasteiger partial charge in [-0.1, -0.05) is 6.07 Å². The summed E-state index contributed by atoms with van der Waals surface area (Å²) in [5, 5.41) is 0. The van der Waals surface area contributed by atoms with Crippen LogP contribution >= 0.6 is 15.9 Å². The zero-order valence-corrected chi connectivity index (χ0v) is 11.1. The minimum Gasteiger partial charge on any atom is -0.455 e. The first-order valence-corrected chi connectivity index (χ1v) is 6.07. The fourth-order valence-corrected chi connectivity index (χ4v) is 1.90. The average Bonchev–Trinajstić information content (AvgIpc) is 2.34. The van der Waals surface area contributed by atoms with Crippen LogP contribution in [0.4, 0.5) is 0 Å². The lowest BCUT2D eigenvalue weighted by molar-refractivity contribution is 0.476. The van der Waals surface area contributed by atoms with Gasteiger partial charge in [0.25, 0.3) is 0 Å². The van der Waals surface area contributed by atoms with E-state index in [2.05, 4.69) is 20.9 Å². The van der Waals surface area contributed by atoms with Crippen molar-refractivity contribution in [3.63, 3.8) is 0 Å². The molecule has 4 heteroatoms. The molecule has 3 nitrogen and oxygen atoms in total. The van der Waals surface area contributed by atoms with Crippen molar-refractivity contribution in [1.82, 2.24) is 4.98 Å². The summed E-state index contributed by atoms with van der Waals surface area (Å²) < 4.78 is 6.60. The number of nitrogens with zero attached hydrogens (tertiary/aromatic N) is 1. The Labute approximate surface area is 109 Å². The maximum absolute atomic E-state index is 5.71. The fraction of sp³-hybridized carbons (Fsp3) is 0.154. The van der Waals surface area contributed by atoms with Crippen LogP contribution in [0.1, 0.15) is 11.3 Å². The van der Waals surface area contributed by atoms with Crippen LogP contribution in [0.15, 0.2) is 41.0 Å². The van der Waals surface area contributed by atoms with Crippen molar-refractivity contribution >= 4 is 15.9 Å². The third-order valence-corrected chi connectivity index (χ3v) is 2.96. The average molecular weight is 293 g/mol. The monoisotopic (exact) mass is 292 g/mol. The Bertz CT molecular complexity index is 511. The number of halogens is 1. The number of hydrogen-bond donors (Lipinski definition) is 1. The molecule has 0 fully saturated rings. The van der Waals surface area contributed by atoms with Crippen molar-refractivity contribution in [2.45, 2.75) is 13.5 Å².